The third-order valence-electron chi connectivity index (χ3n) is 2.20. The van der Waals surface area contributed by atoms with Gasteiger partial charge in [0.15, 0.2) is 0 Å². The minimum Gasteiger partial charge on any atom is -0.382 e. The highest BCUT2D eigenvalue weighted by molar-refractivity contribution is 5.92. The summed E-state index contributed by atoms with van der Waals surface area (Å²) in [5, 5.41) is 5.85. The molecule has 0 saturated heterocycles. The Morgan fingerprint density at radius 1 is 1.39 bits per heavy atom. The molecule has 1 amide bonds. The molecule has 6 nitrogen and oxygen atoms in total. The van der Waals surface area contributed by atoms with Crippen LogP contribution in [0.1, 0.15) is 31.3 Å². The van der Waals surface area contributed by atoms with Crippen molar-refractivity contribution in [3.63, 3.8) is 0 Å². The number of nitrogens with one attached hydrogen (secondary N) is 2. The molecule has 1 aromatic heterocycles. The zero-order valence-electron chi connectivity index (χ0n) is 11.3. The first-order valence-corrected chi connectivity index (χ1v) is 5.86. The van der Waals surface area contributed by atoms with E-state index in [9.17, 15) is 4.79 Å². The molecule has 0 aliphatic heterocycles. The summed E-state index contributed by atoms with van der Waals surface area (Å²) >= 11 is 0. The van der Waals surface area contributed by atoms with E-state index in [0.29, 0.717) is 18.1 Å². The molecule has 0 unspecified atom stereocenters. The van der Waals surface area contributed by atoms with Gasteiger partial charge in [0.05, 0.1) is 24.5 Å². The van der Waals surface area contributed by atoms with Crippen LogP contribution in [-0.4, -0.2) is 41.7 Å². The maximum Gasteiger partial charge on any atom is 0.271 e. The van der Waals surface area contributed by atoms with Crippen molar-refractivity contribution in [3.05, 3.63) is 18.1 Å². The van der Waals surface area contributed by atoms with Gasteiger partial charge in [-0.1, -0.05) is 0 Å². The Morgan fingerprint density at radius 2 is 2.11 bits per heavy atom. The van der Waals surface area contributed by atoms with Crippen molar-refractivity contribution < 1.29 is 9.53 Å². The van der Waals surface area contributed by atoms with Crippen molar-refractivity contribution in [2.24, 2.45) is 0 Å². The summed E-state index contributed by atoms with van der Waals surface area (Å²) < 4.78 is 5.03. The highest BCUT2D eigenvalue weighted by atomic mass is 16.5. The topological polar surface area (TPSA) is 76.1 Å². The largest absolute Gasteiger partial charge is 0.382 e. The number of rotatable bonds is 6. The first-order chi connectivity index (χ1) is 8.48. The fraction of sp³-hybridized carbons (Fsp3) is 0.583. The minimum atomic E-state index is -0.437. The van der Waals surface area contributed by atoms with Gasteiger partial charge in [-0.15, -0.1) is 0 Å². The SMILES string of the molecule is CCNc1cnc(C(=O)NC(C)(C)COC)cn1. The Bertz CT molecular complexity index is 390. The van der Waals surface area contributed by atoms with Gasteiger partial charge in [-0.2, -0.15) is 0 Å². The van der Waals surface area contributed by atoms with Crippen LogP contribution in [0.5, 0.6) is 0 Å². The van der Waals surface area contributed by atoms with Gasteiger partial charge < -0.3 is 15.4 Å². The molecule has 2 N–H and O–H groups in total. The predicted molar refractivity (Wildman–Crippen MR) is 69.6 cm³/mol. The van der Waals surface area contributed by atoms with Gasteiger partial charge in [0.1, 0.15) is 11.5 Å². The number of anilines is 1. The average Bonchev–Trinajstić information content (AvgIpc) is 2.29. The van der Waals surface area contributed by atoms with Crippen LogP contribution in [0.2, 0.25) is 0 Å². The second-order valence-electron chi connectivity index (χ2n) is 4.59. The van der Waals surface area contributed by atoms with Gasteiger partial charge in [-0.05, 0) is 20.8 Å². The maximum absolute atomic E-state index is 11.9. The molecule has 0 aromatic carbocycles. The molecule has 0 spiro atoms. The molecular formula is C12H20N4O2. The van der Waals surface area contributed by atoms with Crippen LogP contribution in [0.25, 0.3) is 0 Å². The van der Waals surface area contributed by atoms with Gasteiger partial charge in [0, 0.05) is 13.7 Å². The summed E-state index contributed by atoms with van der Waals surface area (Å²) in [4.78, 5) is 20.1. The van der Waals surface area contributed by atoms with Crippen LogP contribution in [0.3, 0.4) is 0 Å². The maximum atomic E-state index is 11.9. The summed E-state index contributed by atoms with van der Waals surface area (Å²) in [6, 6.07) is 0. The first-order valence-electron chi connectivity index (χ1n) is 5.86. The molecule has 0 bridgehead atoms. The predicted octanol–water partition coefficient (Wildman–Crippen LogP) is 1.06. The molecule has 0 atom stereocenters. The van der Waals surface area contributed by atoms with Crippen LogP contribution < -0.4 is 10.6 Å². The number of methoxy groups -OCH3 is 1. The Labute approximate surface area is 107 Å². The summed E-state index contributed by atoms with van der Waals surface area (Å²) in [5.74, 6) is 0.401. The van der Waals surface area contributed by atoms with Gasteiger partial charge in [-0.3, -0.25) is 4.79 Å². The number of hydrogen-bond acceptors (Lipinski definition) is 5. The number of hydrogen-bond donors (Lipinski definition) is 2. The third kappa shape index (κ3) is 4.29. The van der Waals surface area contributed by atoms with Crippen molar-refractivity contribution in [1.82, 2.24) is 15.3 Å². The summed E-state index contributed by atoms with van der Waals surface area (Å²) in [6.07, 6.45) is 3.00. The number of ether oxygens (including phenoxy) is 1. The zero-order chi connectivity index (χ0) is 13.6. The second-order valence-corrected chi connectivity index (χ2v) is 4.59. The lowest BCUT2D eigenvalue weighted by molar-refractivity contribution is 0.0815. The molecule has 0 aliphatic rings. The van der Waals surface area contributed by atoms with E-state index in [1.807, 2.05) is 20.8 Å². The molecule has 100 valence electrons. The zero-order valence-corrected chi connectivity index (χ0v) is 11.3. The number of amides is 1. The van der Waals surface area contributed by atoms with E-state index >= 15 is 0 Å². The average molecular weight is 252 g/mol. The van der Waals surface area contributed by atoms with E-state index in [4.69, 9.17) is 4.74 Å². The van der Waals surface area contributed by atoms with Crippen LogP contribution in [-0.2, 0) is 4.74 Å². The summed E-state index contributed by atoms with van der Waals surface area (Å²) in [6.45, 7) is 6.93. The smallest absolute Gasteiger partial charge is 0.271 e. The van der Waals surface area contributed by atoms with Gasteiger partial charge in [0.25, 0.3) is 5.91 Å². The highest BCUT2D eigenvalue weighted by Gasteiger charge is 2.21. The van der Waals surface area contributed by atoms with E-state index < -0.39 is 5.54 Å². The van der Waals surface area contributed by atoms with Crippen molar-refractivity contribution >= 4 is 11.7 Å². The standard InChI is InChI=1S/C12H20N4O2/c1-5-13-10-7-14-9(6-15-10)11(17)16-12(2,3)8-18-4/h6-7H,5,8H2,1-4H3,(H,13,15)(H,16,17). The Kier molecular flexibility index (Phi) is 5.03. The quantitative estimate of drug-likeness (QED) is 0.792. The molecule has 0 saturated carbocycles. The van der Waals surface area contributed by atoms with E-state index in [1.165, 1.54) is 6.20 Å². The second kappa shape index (κ2) is 6.30. The van der Waals surface area contributed by atoms with Crippen molar-refractivity contribution in [1.29, 1.82) is 0 Å². The molecule has 0 aliphatic carbocycles. The number of aromatic nitrogens is 2. The molecule has 0 fully saturated rings. The normalized spacial score (nSPS) is 11.1. The number of carbonyl (C=O) groups excluding carboxylic acids is 1. The van der Waals surface area contributed by atoms with E-state index in [0.717, 1.165) is 6.54 Å². The van der Waals surface area contributed by atoms with E-state index in [-0.39, 0.29) is 5.91 Å². The summed E-state index contributed by atoms with van der Waals surface area (Å²) in [7, 11) is 1.60. The molecule has 18 heavy (non-hydrogen) atoms. The fourth-order valence-corrected chi connectivity index (χ4v) is 1.49. The Balaban J connectivity index is 2.67. The van der Waals surface area contributed by atoms with Gasteiger partial charge in [-0.25, -0.2) is 9.97 Å². The minimum absolute atomic E-state index is 0.257. The highest BCUT2D eigenvalue weighted by Crippen LogP contribution is 2.05. The molecule has 1 heterocycles. The van der Waals surface area contributed by atoms with E-state index in [2.05, 4.69) is 20.6 Å². The Hall–Kier alpha value is -1.69. The molecule has 1 aromatic rings. The first kappa shape index (κ1) is 14.4. The van der Waals surface area contributed by atoms with Crippen molar-refractivity contribution in [2.75, 3.05) is 25.6 Å². The van der Waals surface area contributed by atoms with E-state index in [1.54, 1.807) is 13.3 Å². The summed E-state index contributed by atoms with van der Waals surface area (Å²) in [5.41, 5.74) is -0.144. The lowest BCUT2D eigenvalue weighted by Crippen LogP contribution is -2.47. The third-order valence-corrected chi connectivity index (χ3v) is 2.20. The van der Waals surface area contributed by atoms with Gasteiger partial charge >= 0.3 is 0 Å². The van der Waals surface area contributed by atoms with Crippen molar-refractivity contribution in [3.8, 4) is 0 Å². The molecule has 6 heteroatoms. The molecular weight excluding hydrogens is 232 g/mol. The molecule has 0 radical (unpaired) electrons. The van der Waals surface area contributed by atoms with Crippen molar-refractivity contribution in [2.45, 2.75) is 26.3 Å². The van der Waals surface area contributed by atoms with Crippen LogP contribution in [0.4, 0.5) is 5.82 Å². The number of carbonyl (C=O) groups is 1. The number of nitrogens with zero attached hydrogens (tertiary/aromatic N) is 2. The van der Waals surface area contributed by atoms with Crippen LogP contribution >= 0.6 is 0 Å². The van der Waals surface area contributed by atoms with Crippen LogP contribution in [0.15, 0.2) is 12.4 Å². The fourth-order valence-electron chi connectivity index (χ4n) is 1.49. The van der Waals surface area contributed by atoms with Gasteiger partial charge in [0.2, 0.25) is 0 Å². The Morgan fingerprint density at radius 3 is 2.61 bits per heavy atom. The molecule has 1 rings (SSSR count). The monoisotopic (exact) mass is 252 g/mol. The lowest BCUT2D eigenvalue weighted by atomic mass is 10.1. The van der Waals surface area contributed by atoms with Crippen LogP contribution in [0, 0.1) is 0 Å². The lowest BCUT2D eigenvalue weighted by Gasteiger charge is -2.24.